The highest BCUT2D eigenvalue weighted by Crippen LogP contribution is 2.23. The molecule has 17 heavy (non-hydrogen) atoms. The van der Waals surface area contributed by atoms with Crippen molar-refractivity contribution in [3.05, 3.63) is 33.8 Å². The summed E-state index contributed by atoms with van der Waals surface area (Å²) in [7, 11) is 0. The molecule has 3 nitrogen and oxygen atoms in total. The average Bonchev–Trinajstić information content (AvgIpc) is 2.28. The highest BCUT2D eigenvalue weighted by atomic mass is 35.5. The lowest BCUT2D eigenvalue weighted by Crippen LogP contribution is -2.37. The monoisotopic (exact) mass is 270 g/mol. The summed E-state index contributed by atoms with van der Waals surface area (Å²) >= 11 is 11.6. The number of benzene rings is 1. The van der Waals surface area contributed by atoms with Crippen molar-refractivity contribution in [1.82, 2.24) is 4.90 Å². The molecule has 1 aromatic rings. The van der Waals surface area contributed by atoms with Crippen molar-refractivity contribution in [3.8, 4) is 6.07 Å². The molecule has 0 N–H and O–H groups in total. The lowest BCUT2D eigenvalue weighted by Gasteiger charge is -2.23. The summed E-state index contributed by atoms with van der Waals surface area (Å²) in [5.74, 6) is -0.222. The van der Waals surface area contributed by atoms with Crippen molar-refractivity contribution >= 4 is 29.1 Å². The van der Waals surface area contributed by atoms with Crippen LogP contribution < -0.4 is 0 Å². The third-order valence-corrected chi connectivity index (χ3v) is 3.03. The van der Waals surface area contributed by atoms with Gasteiger partial charge in [-0.05, 0) is 32.0 Å². The van der Waals surface area contributed by atoms with E-state index in [9.17, 15) is 4.79 Å². The fourth-order valence-electron chi connectivity index (χ4n) is 1.36. The van der Waals surface area contributed by atoms with Crippen LogP contribution in [0.5, 0.6) is 0 Å². The summed E-state index contributed by atoms with van der Waals surface area (Å²) in [6.45, 7) is 3.76. The lowest BCUT2D eigenvalue weighted by molar-refractivity contribution is 0.0731. The zero-order valence-corrected chi connectivity index (χ0v) is 11.1. The molecule has 0 atom stereocenters. The maximum atomic E-state index is 12.1. The normalized spacial score (nSPS) is 10.1. The van der Waals surface area contributed by atoms with Crippen LogP contribution in [-0.2, 0) is 0 Å². The Morgan fingerprint density at radius 3 is 2.53 bits per heavy atom. The van der Waals surface area contributed by atoms with Crippen LogP contribution in [0.25, 0.3) is 0 Å². The first-order valence-electron chi connectivity index (χ1n) is 5.10. The summed E-state index contributed by atoms with van der Waals surface area (Å²) in [6, 6.07) is 6.61. The van der Waals surface area contributed by atoms with Gasteiger partial charge in [0.2, 0.25) is 0 Å². The predicted octanol–water partition coefficient (Wildman–Crippen LogP) is 3.37. The molecule has 0 aliphatic carbocycles. The van der Waals surface area contributed by atoms with E-state index in [0.717, 1.165) is 0 Å². The van der Waals surface area contributed by atoms with E-state index in [1.54, 1.807) is 12.1 Å². The Hall–Kier alpha value is -1.24. The molecule has 0 fully saturated rings. The summed E-state index contributed by atoms with van der Waals surface area (Å²) in [5.41, 5.74) is 0.434. The van der Waals surface area contributed by atoms with Crippen molar-refractivity contribution in [2.24, 2.45) is 0 Å². The van der Waals surface area contributed by atoms with E-state index >= 15 is 0 Å². The minimum Gasteiger partial charge on any atom is -0.323 e. The number of rotatable bonds is 3. The summed E-state index contributed by atoms with van der Waals surface area (Å²) in [4.78, 5) is 13.6. The Bertz CT molecular complexity index is 466. The van der Waals surface area contributed by atoms with Gasteiger partial charge in [0.1, 0.15) is 6.54 Å². The smallest absolute Gasteiger partial charge is 0.254 e. The molecular weight excluding hydrogens is 259 g/mol. The lowest BCUT2D eigenvalue weighted by atomic mass is 10.1. The number of carbonyl (C=O) groups excluding carboxylic acids is 1. The van der Waals surface area contributed by atoms with Gasteiger partial charge < -0.3 is 4.90 Å². The van der Waals surface area contributed by atoms with Gasteiger partial charge in [0.25, 0.3) is 5.91 Å². The maximum absolute atomic E-state index is 12.1. The zero-order valence-electron chi connectivity index (χ0n) is 9.58. The summed E-state index contributed by atoms with van der Waals surface area (Å²) in [6.07, 6.45) is 0. The Kier molecular flexibility index (Phi) is 4.80. The van der Waals surface area contributed by atoms with Crippen molar-refractivity contribution in [2.45, 2.75) is 19.9 Å². The van der Waals surface area contributed by atoms with Crippen LogP contribution in [-0.4, -0.2) is 23.4 Å². The molecule has 0 saturated heterocycles. The molecule has 0 aromatic heterocycles. The van der Waals surface area contributed by atoms with Crippen molar-refractivity contribution in [1.29, 1.82) is 5.26 Å². The minimum atomic E-state index is -0.222. The van der Waals surface area contributed by atoms with Crippen LogP contribution in [0.3, 0.4) is 0 Å². The predicted molar refractivity (Wildman–Crippen MR) is 68.2 cm³/mol. The summed E-state index contributed by atoms with van der Waals surface area (Å²) in [5, 5.41) is 9.42. The first-order valence-corrected chi connectivity index (χ1v) is 5.86. The van der Waals surface area contributed by atoms with Gasteiger partial charge in [-0.25, -0.2) is 0 Å². The van der Waals surface area contributed by atoms with Crippen molar-refractivity contribution < 1.29 is 4.79 Å². The first kappa shape index (κ1) is 13.8. The van der Waals surface area contributed by atoms with Crippen molar-refractivity contribution in [3.63, 3.8) is 0 Å². The van der Waals surface area contributed by atoms with E-state index in [0.29, 0.717) is 15.6 Å². The first-order chi connectivity index (χ1) is 7.97. The Morgan fingerprint density at radius 1 is 1.41 bits per heavy atom. The number of amides is 1. The molecule has 90 valence electrons. The molecule has 0 aliphatic rings. The Morgan fingerprint density at radius 2 is 2.06 bits per heavy atom. The van der Waals surface area contributed by atoms with Crippen LogP contribution in [0.4, 0.5) is 0 Å². The third-order valence-electron chi connectivity index (χ3n) is 2.29. The standard InChI is InChI=1S/C12H12Cl2N2O/c1-8(2)16(6-5-15)12(17)9-3-4-10(13)11(14)7-9/h3-4,7-8H,6H2,1-2H3. The number of hydrogen-bond donors (Lipinski definition) is 0. The fraction of sp³-hybridized carbons (Fsp3) is 0.333. The molecule has 0 radical (unpaired) electrons. The molecule has 1 rings (SSSR count). The van der Waals surface area contributed by atoms with E-state index in [2.05, 4.69) is 0 Å². The molecule has 0 unspecified atom stereocenters. The highest BCUT2D eigenvalue weighted by molar-refractivity contribution is 6.42. The second kappa shape index (κ2) is 5.90. The maximum Gasteiger partial charge on any atom is 0.254 e. The van der Waals surface area contributed by atoms with Gasteiger partial charge in [-0.15, -0.1) is 0 Å². The number of carbonyl (C=O) groups is 1. The molecule has 0 spiro atoms. The molecule has 1 aromatic carbocycles. The number of halogens is 2. The van der Waals surface area contributed by atoms with E-state index in [1.165, 1.54) is 11.0 Å². The van der Waals surface area contributed by atoms with Gasteiger partial charge in [-0.2, -0.15) is 5.26 Å². The molecule has 0 heterocycles. The van der Waals surface area contributed by atoms with Gasteiger partial charge in [0.05, 0.1) is 16.1 Å². The number of nitrogens with zero attached hydrogens (tertiary/aromatic N) is 2. The highest BCUT2D eigenvalue weighted by Gasteiger charge is 2.18. The largest absolute Gasteiger partial charge is 0.323 e. The summed E-state index contributed by atoms with van der Waals surface area (Å²) < 4.78 is 0. The van der Waals surface area contributed by atoms with E-state index in [-0.39, 0.29) is 18.5 Å². The second-order valence-electron chi connectivity index (χ2n) is 3.81. The molecular formula is C12H12Cl2N2O. The molecule has 0 aliphatic heterocycles. The van der Waals surface area contributed by atoms with E-state index < -0.39 is 0 Å². The Balaban J connectivity index is 3.02. The van der Waals surface area contributed by atoms with Gasteiger partial charge in [0, 0.05) is 11.6 Å². The van der Waals surface area contributed by atoms with Gasteiger partial charge in [0.15, 0.2) is 0 Å². The molecule has 1 amide bonds. The molecule has 0 saturated carbocycles. The molecule has 0 bridgehead atoms. The average molecular weight is 271 g/mol. The SMILES string of the molecule is CC(C)N(CC#N)C(=O)c1ccc(Cl)c(Cl)c1. The van der Waals surface area contributed by atoms with Crippen molar-refractivity contribution in [2.75, 3.05) is 6.54 Å². The van der Waals surface area contributed by atoms with E-state index in [1.807, 2.05) is 19.9 Å². The topological polar surface area (TPSA) is 44.1 Å². The number of nitriles is 1. The van der Waals surface area contributed by atoms with Crippen LogP contribution in [0.15, 0.2) is 18.2 Å². The van der Waals surface area contributed by atoms with Crippen LogP contribution >= 0.6 is 23.2 Å². The fourth-order valence-corrected chi connectivity index (χ4v) is 1.66. The van der Waals surface area contributed by atoms with E-state index in [4.69, 9.17) is 28.5 Å². The van der Waals surface area contributed by atoms with Gasteiger partial charge >= 0.3 is 0 Å². The zero-order chi connectivity index (χ0) is 13.0. The van der Waals surface area contributed by atoms with Crippen LogP contribution in [0.2, 0.25) is 10.0 Å². The quantitative estimate of drug-likeness (QED) is 0.791. The van der Waals surface area contributed by atoms with Gasteiger partial charge in [-0.1, -0.05) is 23.2 Å². The van der Waals surface area contributed by atoms with Crippen LogP contribution in [0, 0.1) is 11.3 Å². The second-order valence-corrected chi connectivity index (χ2v) is 4.63. The Labute approximate surface area is 111 Å². The number of hydrogen-bond acceptors (Lipinski definition) is 2. The van der Waals surface area contributed by atoms with Gasteiger partial charge in [-0.3, -0.25) is 4.79 Å². The third kappa shape index (κ3) is 3.36. The van der Waals surface area contributed by atoms with Crippen LogP contribution in [0.1, 0.15) is 24.2 Å². The minimum absolute atomic E-state index is 0.0448. The molecule has 5 heteroatoms.